The Morgan fingerprint density at radius 3 is 2.35 bits per heavy atom. The zero-order valence-electron chi connectivity index (χ0n) is 19.5. The Kier molecular flexibility index (Phi) is 8.09. The van der Waals surface area contributed by atoms with Crippen molar-refractivity contribution in [2.24, 2.45) is 0 Å². The van der Waals surface area contributed by atoms with Gasteiger partial charge >= 0.3 is 12.1 Å². The van der Waals surface area contributed by atoms with Crippen molar-refractivity contribution < 1.29 is 33.0 Å². The van der Waals surface area contributed by atoms with E-state index in [2.05, 4.69) is 5.32 Å². The summed E-state index contributed by atoms with van der Waals surface area (Å²) in [5.74, 6) is -1.08. The first kappa shape index (κ1) is 25.0. The number of amides is 2. The maximum Gasteiger partial charge on any atom is 0.410 e. The lowest BCUT2D eigenvalue weighted by Crippen LogP contribution is -2.43. The van der Waals surface area contributed by atoms with Gasteiger partial charge in [-0.1, -0.05) is 6.07 Å². The van der Waals surface area contributed by atoms with E-state index in [1.807, 2.05) is 20.8 Å². The molecule has 2 amide bonds. The van der Waals surface area contributed by atoms with Crippen molar-refractivity contribution in [2.45, 2.75) is 45.3 Å². The van der Waals surface area contributed by atoms with Crippen LogP contribution in [0, 0.1) is 5.82 Å². The van der Waals surface area contributed by atoms with Gasteiger partial charge in [-0.2, -0.15) is 0 Å². The highest BCUT2D eigenvalue weighted by Gasteiger charge is 2.28. The smallest absolute Gasteiger partial charge is 0.410 e. The van der Waals surface area contributed by atoms with Gasteiger partial charge in [0.2, 0.25) is 0 Å². The molecule has 0 spiro atoms. The van der Waals surface area contributed by atoms with E-state index in [4.69, 9.17) is 14.2 Å². The maximum atomic E-state index is 13.2. The minimum Gasteiger partial charge on any atom is -0.484 e. The van der Waals surface area contributed by atoms with Gasteiger partial charge in [-0.15, -0.1) is 0 Å². The van der Waals surface area contributed by atoms with E-state index in [0.29, 0.717) is 37.2 Å². The lowest BCUT2D eigenvalue weighted by atomic mass is 10.1. The van der Waals surface area contributed by atoms with E-state index in [9.17, 15) is 18.8 Å². The number of hydrogen-bond donors (Lipinski definition) is 1. The first-order valence-corrected chi connectivity index (χ1v) is 11.1. The van der Waals surface area contributed by atoms with Crippen LogP contribution in [0.1, 0.15) is 44.0 Å². The molecular formula is C25H29FN2O6. The molecule has 1 aliphatic heterocycles. The number of ether oxygens (including phenoxy) is 3. The molecule has 2 aromatic rings. The van der Waals surface area contributed by atoms with Crippen LogP contribution < -0.4 is 10.1 Å². The summed E-state index contributed by atoms with van der Waals surface area (Å²) in [5.41, 5.74) is 0.277. The van der Waals surface area contributed by atoms with Crippen molar-refractivity contribution in [2.75, 3.05) is 25.0 Å². The van der Waals surface area contributed by atoms with Crippen LogP contribution >= 0.6 is 0 Å². The van der Waals surface area contributed by atoms with E-state index in [1.54, 1.807) is 35.2 Å². The van der Waals surface area contributed by atoms with Crippen molar-refractivity contribution in [1.82, 2.24) is 4.90 Å². The van der Waals surface area contributed by atoms with Gasteiger partial charge in [0.1, 0.15) is 23.3 Å². The second-order valence-electron chi connectivity index (χ2n) is 8.94. The summed E-state index contributed by atoms with van der Waals surface area (Å²) in [5, 5.41) is 2.65. The quantitative estimate of drug-likeness (QED) is 0.627. The molecule has 0 saturated carbocycles. The molecule has 0 atom stereocenters. The van der Waals surface area contributed by atoms with Crippen molar-refractivity contribution >= 4 is 23.7 Å². The Balaban J connectivity index is 1.42. The topological polar surface area (TPSA) is 94.2 Å². The average Bonchev–Trinajstić information content (AvgIpc) is 2.77. The summed E-state index contributed by atoms with van der Waals surface area (Å²) in [4.78, 5) is 38.3. The molecule has 3 rings (SSSR count). The number of carbonyl (C=O) groups excluding carboxylic acids is 3. The van der Waals surface area contributed by atoms with Gasteiger partial charge in [0.15, 0.2) is 6.61 Å². The number of hydrogen-bond acceptors (Lipinski definition) is 6. The van der Waals surface area contributed by atoms with Crippen LogP contribution in [-0.4, -0.2) is 54.3 Å². The van der Waals surface area contributed by atoms with Crippen molar-refractivity contribution in [3.63, 3.8) is 0 Å². The molecule has 1 fully saturated rings. The highest BCUT2D eigenvalue weighted by molar-refractivity contribution is 5.93. The van der Waals surface area contributed by atoms with Crippen LogP contribution in [0.4, 0.5) is 14.9 Å². The number of benzene rings is 2. The number of carbonyl (C=O) groups is 3. The standard InChI is InChI=1S/C25H29FN2O6/c1-25(2,3)34-24(31)28-13-11-20(12-14-28)33-23(30)17-7-9-19(10-8-17)27-22(29)16-32-21-6-4-5-18(26)15-21/h4-10,15,20H,11-14,16H2,1-3H3,(H,27,29). The second kappa shape index (κ2) is 11.0. The van der Waals surface area contributed by atoms with Gasteiger partial charge in [-0.3, -0.25) is 4.79 Å². The minimum atomic E-state index is -0.555. The number of halogens is 1. The molecule has 34 heavy (non-hydrogen) atoms. The predicted octanol–water partition coefficient (Wildman–Crippen LogP) is 4.40. The number of likely N-dealkylation sites (tertiary alicyclic amines) is 1. The molecule has 2 aromatic carbocycles. The summed E-state index contributed by atoms with van der Waals surface area (Å²) in [6.45, 7) is 6.07. The van der Waals surface area contributed by atoms with Gasteiger partial charge in [0.05, 0.1) is 5.56 Å². The first-order valence-electron chi connectivity index (χ1n) is 11.1. The zero-order valence-corrected chi connectivity index (χ0v) is 19.5. The number of anilines is 1. The SMILES string of the molecule is CC(C)(C)OC(=O)N1CCC(OC(=O)c2ccc(NC(=O)COc3cccc(F)c3)cc2)CC1. The predicted molar refractivity (Wildman–Crippen MR) is 123 cm³/mol. The highest BCUT2D eigenvalue weighted by atomic mass is 19.1. The van der Waals surface area contributed by atoms with Gasteiger partial charge < -0.3 is 24.4 Å². The van der Waals surface area contributed by atoms with Crippen LogP contribution in [-0.2, 0) is 14.3 Å². The van der Waals surface area contributed by atoms with Crippen molar-refractivity contribution in [1.29, 1.82) is 0 Å². The first-order chi connectivity index (χ1) is 16.1. The Hall–Kier alpha value is -3.62. The largest absolute Gasteiger partial charge is 0.484 e. The highest BCUT2D eigenvalue weighted by Crippen LogP contribution is 2.19. The molecule has 0 aromatic heterocycles. The Bertz CT molecular complexity index is 1010. The Morgan fingerprint density at radius 1 is 1.06 bits per heavy atom. The average molecular weight is 473 g/mol. The minimum absolute atomic E-state index is 0.255. The fraction of sp³-hybridized carbons (Fsp3) is 0.400. The van der Waals surface area contributed by atoms with E-state index in [-0.39, 0.29) is 24.6 Å². The van der Waals surface area contributed by atoms with Gasteiger partial charge in [0, 0.05) is 37.7 Å². The van der Waals surface area contributed by atoms with E-state index < -0.39 is 23.3 Å². The molecule has 0 aliphatic carbocycles. The Morgan fingerprint density at radius 2 is 1.74 bits per heavy atom. The van der Waals surface area contributed by atoms with Crippen molar-refractivity contribution in [3.05, 3.63) is 59.9 Å². The fourth-order valence-electron chi connectivity index (χ4n) is 3.29. The zero-order chi connectivity index (χ0) is 24.7. The van der Waals surface area contributed by atoms with Crippen LogP contribution in [0.2, 0.25) is 0 Å². The third kappa shape index (κ3) is 7.75. The lowest BCUT2D eigenvalue weighted by Gasteiger charge is -2.33. The number of piperidine rings is 1. The van der Waals surface area contributed by atoms with Gasteiger partial charge in [-0.25, -0.2) is 14.0 Å². The van der Waals surface area contributed by atoms with Crippen LogP contribution in [0.3, 0.4) is 0 Å². The van der Waals surface area contributed by atoms with E-state index in [0.717, 1.165) is 0 Å². The molecule has 1 N–H and O–H groups in total. The van der Waals surface area contributed by atoms with E-state index >= 15 is 0 Å². The van der Waals surface area contributed by atoms with Crippen LogP contribution in [0.25, 0.3) is 0 Å². The number of esters is 1. The maximum absolute atomic E-state index is 13.2. The molecule has 1 aliphatic rings. The molecule has 9 heteroatoms. The Labute approximate surface area is 198 Å². The molecule has 182 valence electrons. The summed E-state index contributed by atoms with van der Waals surface area (Å²) in [7, 11) is 0. The third-order valence-electron chi connectivity index (χ3n) is 4.94. The second-order valence-corrected chi connectivity index (χ2v) is 8.94. The molecular weight excluding hydrogens is 443 g/mol. The monoisotopic (exact) mass is 472 g/mol. The van der Waals surface area contributed by atoms with Crippen LogP contribution in [0.5, 0.6) is 5.75 Å². The lowest BCUT2D eigenvalue weighted by molar-refractivity contribution is -0.118. The van der Waals surface area contributed by atoms with Gasteiger partial charge in [-0.05, 0) is 57.2 Å². The third-order valence-corrected chi connectivity index (χ3v) is 4.94. The summed E-state index contributed by atoms with van der Waals surface area (Å²) in [6.07, 6.45) is 0.413. The molecule has 8 nitrogen and oxygen atoms in total. The number of nitrogens with zero attached hydrogens (tertiary/aromatic N) is 1. The van der Waals surface area contributed by atoms with E-state index in [1.165, 1.54) is 18.2 Å². The molecule has 1 heterocycles. The normalized spacial score (nSPS) is 14.3. The summed E-state index contributed by atoms with van der Waals surface area (Å²) in [6, 6.07) is 11.8. The molecule has 0 radical (unpaired) electrons. The summed E-state index contributed by atoms with van der Waals surface area (Å²) >= 11 is 0. The molecule has 1 saturated heterocycles. The van der Waals surface area contributed by atoms with Gasteiger partial charge in [0.25, 0.3) is 5.91 Å². The number of nitrogens with one attached hydrogen (secondary N) is 1. The van der Waals surface area contributed by atoms with Crippen LogP contribution in [0.15, 0.2) is 48.5 Å². The number of rotatable bonds is 6. The van der Waals surface area contributed by atoms with Crippen molar-refractivity contribution in [3.8, 4) is 5.75 Å². The molecule has 0 bridgehead atoms. The molecule has 0 unspecified atom stereocenters. The summed E-state index contributed by atoms with van der Waals surface area (Å²) < 4.78 is 29.3. The fourth-order valence-corrected chi connectivity index (χ4v) is 3.29.